The van der Waals surface area contributed by atoms with Crippen molar-refractivity contribution in [2.45, 2.75) is 17.5 Å². The number of carbonyl (C=O) groups is 2. The highest BCUT2D eigenvalue weighted by Gasteiger charge is 2.44. The highest BCUT2D eigenvalue weighted by atomic mass is 32.2. The quantitative estimate of drug-likeness (QED) is 0.455. The number of benzene rings is 1. The molecule has 1 amide bonds. The Morgan fingerprint density at radius 2 is 1.86 bits per heavy atom. The number of thioether (sulfide) groups is 1. The van der Waals surface area contributed by atoms with E-state index in [1.807, 2.05) is 30.3 Å². The zero-order valence-electron chi connectivity index (χ0n) is 12.3. The Kier molecular flexibility index (Phi) is 6.57. The van der Waals surface area contributed by atoms with E-state index in [-0.39, 0.29) is 11.7 Å². The van der Waals surface area contributed by atoms with Gasteiger partial charge >= 0.3 is 5.97 Å². The minimum Gasteiger partial charge on any atom is -0.479 e. The van der Waals surface area contributed by atoms with Crippen LogP contribution >= 0.6 is 24.4 Å². The number of amides is 1. The normalized spacial score (nSPS) is 13.8. The monoisotopic (exact) mass is 328 g/mol. The van der Waals surface area contributed by atoms with Crippen LogP contribution in [0.5, 0.6) is 0 Å². The van der Waals surface area contributed by atoms with E-state index >= 15 is 0 Å². The number of hydrazine groups is 1. The van der Waals surface area contributed by atoms with Gasteiger partial charge in [0, 0.05) is 19.8 Å². The standard InChI is InChI=1S/C14H20N2O3S2/c1-14(13(18)19,16(15(2)3)12(17)9-20)21-10-11-7-5-4-6-8-11/h4-8,20H,9-10H2,1-3H3,(H,18,19). The molecular weight excluding hydrogens is 308 g/mol. The lowest BCUT2D eigenvalue weighted by molar-refractivity contribution is -0.164. The predicted molar refractivity (Wildman–Crippen MR) is 88.2 cm³/mol. The van der Waals surface area contributed by atoms with E-state index in [2.05, 4.69) is 12.6 Å². The average Bonchev–Trinajstić information content (AvgIpc) is 2.45. The zero-order valence-corrected chi connectivity index (χ0v) is 14.0. The molecule has 7 heteroatoms. The summed E-state index contributed by atoms with van der Waals surface area (Å²) in [4.78, 5) is 22.4. The number of hydrogen-bond acceptors (Lipinski definition) is 5. The topological polar surface area (TPSA) is 60.9 Å². The van der Waals surface area contributed by atoms with E-state index in [0.717, 1.165) is 5.56 Å². The maximum absolute atomic E-state index is 12.0. The average molecular weight is 328 g/mol. The van der Waals surface area contributed by atoms with Crippen molar-refractivity contribution in [1.29, 1.82) is 0 Å². The lowest BCUT2D eigenvalue weighted by Gasteiger charge is -2.40. The summed E-state index contributed by atoms with van der Waals surface area (Å²) in [5.41, 5.74) is 1.01. The SMILES string of the molecule is CN(C)N(C(=O)CS)C(C)(SCc1ccccc1)C(=O)O. The van der Waals surface area contributed by atoms with Gasteiger partial charge in [-0.25, -0.2) is 14.8 Å². The van der Waals surface area contributed by atoms with Gasteiger partial charge in [-0.1, -0.05) is 30.3 Å². The van der Waals surface area contributed by atoms with Crippen LogP contribution in [0.4, 0.5) is 0 Å². The number of rotatable bonds is 7. The highest BCUT2D eigenvalue weighted by Crippen LogP contribution is 2.33. The first-order valence-corrected chi connectivity index (χ1v) is 7.97. The van der Waals surface area contributed by atoms with E-state index in [1.165, 1.54) is 28.7 Å². The lowest BCUT2D eigenvalue weighted by Crippen LogP contribution is -2.58. The minimum absolute atomic E-state index is 0.0487. The highest BCUT2D eigenvalue weighted by molar-refractivity contribution is 8.00. The molecule has 0 aliphatic carbocycles. The molecule has 0 heterocycles. The van der Waals surface area contributed by atoms with Crippen molar-refractivity contribution >= 4 is 36.3 Å². The van der Waals surface area contributed by atoms with Gasteiger partial charge in [0.25, 0.3) is 0 Å². The number of nitrogens with zero attached hydrogens (tertiary/aromatic N) is 2. The molecule has 0 aliphatic heterocycles. The van der Waals surface area contributed by atoms with Crippen LogP contribution in [0.15, 0.2) is 30.3 Å². The maximum atomic E-state index is 12.0. The second kappa shape index (κ2) is 7.72. The molecule has 1 aromatic rings. The second-order valence-electron chi connectivity index (χ2n) is 4.77. The van der Waals surface area contributed by atoms with E-state index < -0.39 is 10.8 Å². The molecule has 5 nitrogen and oxygen atoms in total. The van der Waals surface area contributed by atoms with E-state index in [9.17, 15) is 14.7 Å². The van der Waals surface area contributed by atoms with Gasteiger partial charge in [0.1, 0.15) is 0 Å². The van der Waals surface area contributed by atoms with Gasteiger partial charge in [-0.15, -0.1) is 11.8 Å². The molecule has 1 unspecified atom stereocenters. The van der Waals surface area contributed by atoms with E-state index in [4.69, 9.17) is 0 Å². The summed E-state index contributed by atoms with van der Waals surface area (Å²) >= 11 is 5.16. The van der Waals surface area contributed by atoms with Crippen LogP contribution in [0.25, 0.3) is 0 Å². The number of carbonyl (C=O) groups excluding carboxylic acids is 1. The Hall–Kier alpha value is -1.18. The lowest BCUT2D eigenvalue weighted by atomic mass is 10.2. The molecule has 1 N–H and O–H groups in total. The summed E-state index contributed by atoms with van der Waals surface area (Å²) in [6.45, 7) is 1.53. The summed E-state index contributed by atoms with van der Waals surface area (Å²) in [5, 5.41) is 12.3. The van der Waals surface area contributed by atoms with Gasteiger partial charge in [0.15, 0.2) is 4.87 Å². The molecule has 0 fully saturated rings. The van der Waals surface area contributed by atoms with Gasteiger partial charge in [0.05, 0.1) is 5.75 Å². The van der Waals surface area contributed by atoms with Crippen molar-refractivity contribution < 1.29 is 14.7 Å². The molecule has 0 bridgehead atoms. The van der Waals surface area contributed by atoms with Crippen LogP contribution < -0.4 is 0 Å². The summed E-state index contributed by atoms with van der Waals surface area (Å²) in [6, 6.07) is 9.56. The number of carboxylic acids is 1. The van der Waals surface area contributed by atoms with Gasteiger partial charge in [-0.2, -0.15) is 12.6 Å². The smallest absolute Gasteiger partial charge is 0.341 e. The third-order valence-electron chi connectivity index (χ3n) is 2.94. The molecule has 0 radical (unpaired) electrons. The Morgan fingerprint density at radius 1 is 1.29 bits per heavy atom. The molecule has 1 aromatic carbocycles. The van der Waals surface area contributed by atoms with Crippen molar-refractivity contribution in [3.8, 4) is 0 Å². The molecule has 0 saturated heterocycles. The van der Waals surface area contributed by atoms with Crippen LogP contribution in [-0.2, 0) is 15.3 Å². The second-order valence-corrected chi connectivity index (χ2v) is 6.46. The molecule has 1 atom stereocenters. The molecule has 0 aromatic heterocycles. The zero-order chi connectivity index (χ0) is 16.0. The molecule has 21 heavy (non-hydrogen) atoms. The van der Waals surface area contributed by atoms with Gasteiger partial charge in [-0.3, -0.25) is 4.79 Å². The number of carboxylic acid groups (broad SMARTS) is 1. The van der Waals surface area contributed by atoms with Crippen molar-refractivity contribution in [1.82, 2.24) is 10.0 Å². The number of aliphatic carboxylic acids is 1. The summed E-state index contributed by atoms with van der Waals surface area (Å²) in [6.07, 6.45) is 0. The molecule has 1 rings (SSSR count). The Labute approximate surface area is 134 Å². The minimum atomic E-state index is -1.39. The first-order valence-electron chi connectivity index (χ1n) is 6.35. The Balaban J connectivity index is 3.00. The van der Waals surface area contributed by atoms with Crippen molar-refractivity contribution in [2.24, 2.45) is 0 Å². The Morgan fingerprint density at radius 3 is 2.29 bits per heavy atom. The molecule has 0 saturated carbocycles. The summed E-state index contributed by atoms with van der Waals surface area (Å²) in [5.74, 6) is -0.970. The predicted octanol–water partition coefficient (Wildman–Crippen LogP) is 1.96. The third-order valence-corrected chi connectivity index (χ3v) is 4.59. The largest absolute Gasteiger partial charge is 0.479 e. The van der Waals surface area contributed by atoms with Crippen LogP contribution in [0, 0.1) is 0 Å². The fourth-order valence-corrected chi connectivity index (χ4v) is 3.21. The van der Waals surface area contributed by atoms with Crippen LogP contribution in [-0.4, -0.2) is 51.7 Å². The third kappa shape index (κ3) is 4.39. The van der Waals surface area contributed by atoms with Crippen molar-refractivity contribution in [3.63, 3.8) is 0 Å². The Bertz CT molecular complexity index is 496. The van der Waals surface area contributed by atoms with Gasteiger partial charge < -0.3 is 5.11 Å². The molecule has 0 aliphatic rings. The summed E-state index contributed by atoms with van der Waals surface area (Å²) in [7, 11) is 3.29. The van der Waals surface area contributed by atoms with E-state index in [0.29, 0.717) is 5.75 Å². The van der Waals surface area contributed by atoms with Crippen LogP contribution in [0.2, 0.25) is 0 Å². The van der Waals surface area contributed by atoms with Gasteiger partial charge in [-0.05, 0) is 12.5 Å². The maximum Gasteiger partial charge on any atom is 0.341 e. The van der Waals surface area contributed by atoms with Crippen molar-refractivity contribution in [3.05, 3.63) is 35.9 Å². The summed E-state index contributed by atoms with van der Waals surface area (Å²) < 4.78 is 0. The number of thiol groups is 1. The fraction of sp³-hybridized carbons (Fsp3) is 0.429. The van der Waals surface area contributed by atoms with Crippen molar-refractivity contribution in [2.75, 3.05) is 19.8 Å². The van der Waals surface area contributed by atoms with E-state index in [1.54, 1.807) is 14.1 Å². The molecule has 116 valence electrons. The number of hydrogen-bond donors (Lipinski definition) is 2. The van der Waals surface area contributed by atoms with Crippen LogP contribution in [0.1, 0.15) is 12.5 Å². The molecular formula is C14H20N2O3S2. The van der Waals surface area contributed by atoms with Crippen LogP contribution in [0.3, 0.4) is 0 Å². The first-order chi connectivity index (χ1) is 9.82. The van der Waals surface area contributed by atoms with Gasteiger partial charge in [0.2, 0.25) is 5.91 Å². The first kappa shape index (κ1) is 17.9. The fourth-order valence-electron chi connectivity index (χ4n) is 1.92. The molecule has 0 spiro atoms.